The Balaban J connectivity index is 2.44. The number of ether oxygens (including phenoxy) is 2. The highest BCUT2D eigenvalue weighted by atomic mass is 79.9. The fourth-order valence-corrected chi connectivity index (χ4v) is 1.74. The molecule has 0 bridgehead atoms. The van der Waals surface area contributed by atoms with Crippen LogP contribution in [0.3, 0.4) is 0 Å². The molecular weight excluding hydrogens is 308 g/mol. The van der Waals surface area contributed by atoms with Gasteiger partial charge in [-0.2, -0.15) is 0 Å². The molecule has 0 saturated carbocycles. The summed E-state index contributed by atoms with van der Waals surface area (Å²) in [7, 11) is 0. The van der Waals surface area contributed by atoms with Gasteiger partial charge in [0.1, 0.15) is 5.75 Å². The first-order chi connectivity index (χ1) is 8.90. The van der Waals surface area contributed by atoms with Gasteiger partial charge in [0.15, 0.2) is 0 Å². The molecule has 4 heteroatoms. The molecule has 0 fully saturated rings. The van der Waals surface area contributed by atoms with Crippen molar-refractivity contribution in [3.63, 3.8) is 0 Å². The first-order valence-electron chi connectivity index (χ1n) is 6.49. The number of hydrogen-bond acceptors (Lipinski definition) is 3. The van der Waals surface area contributed by atoms with Gasteiger partial charge in [0, 0.05) is 10.4 Å². The summed E-state index contributed by atoms with van der Waals surface area (Å²) in [4.78, 5) is 11.8. The minimum absolute atomic E-state index is 0.0745. The van der Waals surface area contributed by atoms with Crippen LogP contribution in [0.1, 0.15) is 27.7 Å². The Hall–Kier alpha value is -1.03. The van der Waals surface area contributed by atoms with E-state index in [1.165, 1.54) is 0 Å². The van der Waals surface area contributed by atoms with Crippen LogP contribution in [0.15, 0.2) is 28.7 Å². The fraction of sp³-hybridized carbons (Fsp3) is 0.533. The lowest BCUT2D eigenvalue weighted by atomic mass is 9.97. The van der Waals surface area contributed by atoms with Gasteiger partial charge in [-0.15, -0.1) is 0 Å². The topological polar surface area (TPSA) is 35.5 Å². The molecule has 3 nitrogen and oxygen atoms in total. The largest absolute Gasteiger partial charge is 0.493 e. The Kier molecular flexibility index (Phi) is 6.35. The van der Waals surface area contributed by atoms with Crippen LogP contribution in [0.4, 0.5) is 0 Å². The van der Waals surface area contributed by atoms with Crippen LogP contribution >= 0.6 is 15.9 Å². The van der Waals surface area contributed by atoms with Gasteiger partial charge >= 0.3 is 5.97 Å². The van der Waals surface area contributed by atoms with Crippen molar-refractivity contribution in [1.29, 1.82) is 0 Å². The zero-order chi connectivity index (χ0) is 14.4. The summed E-state index contributed by atoms with van der Waals surface area (Å²) in [5.74, 6) is 0.578. The second-order valence-electron chi connectivity index (χ2n) is 5.02. The molecule has 0 radical (unpaired) electrons. The van der Waals surface area contributed by atoms with Gasteiger partial charge in [-0.3, -0.25) is 4.79 Å². The van der Waals surface area contributed by atoms with E-state index < -0.39 is 0 Å². The maximum absolute atomic E-state index is 11.8. The van der Waals surface area contributed by atoms with Crippen molar-refractivity contribution in [3.05, 3.63) is 28.7 Å². The monoisotopic (exact) mass is 328 g/mol. The predicted octanol–water partition coefficient (Wildman–Crippen LogP) is 4.05. The minimum Gasteiger partial charge on any atom is -0.493 e. The van der Waals surface area contributed by atoms with Gasteiger partial charge in [0.25, 0.3) is 0 Å². The molecule has 1 aromatic rings. The SMILES string of the molecule is CC(C)OC(=O)C(C)C(C)COc1ccc(Br)cc1. The van der Waals surface area contributed by atoms with E-state index in [9.17, 15) is 4.79 Å². The van der Waals surface area contributed by atoms with Crippen molar-refractivity contribution in [2.45, 2.75) is 33.8 Å². The molecular formula is C15H21BrO3. The lowest BCUT2D eigenvalue weighted by Gasteiger charge is -2.20. The second-order valence-corrected chi connectivity index (χ2v) is 5.93. The molecule has 1 aromatic carbocycles. The lowest BCUT2D eigenvalue weighted by molar-refractivity contribution is -0.153. The van der Waals surface area contributed by atoms with Gasteiger partial charge in [0.2, 0.25) is 0 Å². The molecule has 19 heavy (non-hydrogen) atoms. The van der Waals surface area contributed by atoms with Crippen LogP contribution in [-0.4, -0.2) is 18.7 Å². The van der Waals surface area contributed by atoms with E-state index in [0.717, 1.165) is 10.2 Å². The van der Waals surface area contributed by atoms with E-state index >= 15 is 0 Å². The number of hydrogen-bond donors (Lipinski definition) is 0. The van der Waals surface area contributed by atoms with Gasteiger partial charge in [-0.25, -0.2) is 0 Å². The number of rotatable bonds is 6. The number of carbonyl (C=O) groups excluding carboxylic acids is 1. The van der Waals surface area contributed by atoms with E-state index in [2.05, 4.69) is 15.9 Å². The predicted molar refractivity (Wildman–Crippen MR) is 79.2 cm³/mol. The summed E-state index contributed by atoms with van der Waals surface area (Å²) in [6.07, 6.45) is -0.0745. The molecule has 0 N–H and O–H groups in total. The van der Waals surface area contributed by atoms with E-state index in [-0.39, 0.29) is 23.9 Å². The second kappa shape index (κ2) is 7.53. The Morgan fingerprint density at radius 2 is 1.74 bits per heavy atom. The van der Waals surface area contributed by atoms with Crippen LogP contribution in [-0.2, 0) is 9.53 Å². The summed E-state index contributed by atoms with van der Waals surface area (Å²) in [5.41, 5.74) is 0. The third-order valence-corrected chi connectivity index (χ3v) is 3.43. The van der Waals surface area contributed by atoms with E-state index in [0.29, 0.717) is 6.61 Å². The minimum atomic E-state index is -0.169. The maximum Gasteiger partial charge on any atom is 0.309 e. The standard InChI is InChI=1S/C15H21BrO3/c1-10(2)19-15(17)12(4)11(3)9-18-14-7-5-13(16)6-8-14/h5-8,10-12H,9H2,1-4H3. The lowest BCUT2D eigenvalue weighted by Crippen LogP contribution is -2.27. The highest BCUT2D eigenvalue weighted by molar-refractivity contribution is 9.10. The molecule has 106 valence electrons. The molecule has 0 aliphatic rings. The Morgan fingerprint density at radius 3 is 2.26 bits per heavy atom. The summed E-state index contributed by atoms with van der Waals surface area (Å²) >= 11 is 3.37. The van der Waals surface area contributed by atoms with Crippen molar-refractivity contribution in [1.82, 2.24) is 0 Å². The van der Waals surface area contributed by atoms with E-state index in [1.807, 2.05) is 52.0 Å². The van der Waals surface area contributed by atoms with Crippen LogP contribution in [0.25, 0.3) is 0 Å². The first kappa shape index (κ1) is 16.0. The van der Waals surface area contributed by atoms with Gasteiger partial charge < -0.3 is 9.47 Å². The van der Waals surface area contributed by atoms with Gasteiger partial charge in [-0.05, 0) is 38.1 Å². The van der Waals surface area contributed by atoms with Crippen molar-refractivity contribution >= 4 is 21.9 Å². The average Bonchev–Trinajstić information content (AvgIpc) is 2.36. The van der Waals surface area contributed by atoms with Crippen LogP contribution in [0, 0.1) is 11.8 Å². The van der Waals surface area contributed by atoms with Crippen molar-refractivity contribution in [3.8, 4) is 5.75 Å². The molecule has 0 saturated heterocycles. The van der Waals surface area contributed by atoms with Crippen molar-refractivity contribution in [2.24, 2.45) is 11.8 Å². The summed E-state index contributed by atoms with van der Waals surface area (Å²) in [5, 5.41) is 0. The first-order valence-corrected chi connectivity index (χ1v) is 7.28. The summed E-state index contributed by atoms with van der Waals surface area (Å²) < 4.78 is 11.9. The van der Waals surface area contributed by atoms with Crippen molar-refractivity contribution in [2.75, 3.05) is 6.61 Å². The molecule has 0 aliphatic heterocycles. The molecule has 0 spiro atoms. The number of halogens is 1. The quantitative estimate of drug-likeness (QED) is 0.739. The molecule has 0 amide bonds. The average molecular weight is 329 g/mol. The highest BCUT2D eigenvalue weighted by Crippen LogP contribution is 2.19. The summed E-state index contributed by atoms with van der Waals surface area (Å²) in [6, 6.07) is 7.65. The third kappa shape index (κ3) is 5.64. The Morgan fingerprint density at radius 1 is 1.16 bits per heavy atom. The molecule has 0 aliphatic carbocycles. The summed E-state index contributed by atoms with van der Waals surface area (Å²) in [6.45, 7) is 8.07. The maximum atomic E-state index is 11.8. The Bertz CT molecular complexity index is 400. The van der Waals surface area contributed by atoms with E-state index in [4.69, 9.17) is 9.47 Å². The number of carbonyl (C=O) groups is 1. The zero-order valence-electron chi connectivity index (χ0n) is 11.9. The van der Waals surface area contributed by atoms with Crippen LogP contribution in [0.5, 0.6) is 5.75 Å². The molecule has 0 heterocycles. The molecule has 2 atom stereocenters. The number of esters is 1. The zero-order valence-corrected chi connectivity index (χ0v) is 13.4. The third-order valence-electron chi connectivity index (χ3n) is 2.90. The van der Waals surface area contributed by atoms with Crippen LogP contribution < -0.4 is 4.74 Å². The molecule has 2 unspecified atom stereocenters. The van der Waals surface area contributed by atoms with Crippen molar-refractivity contribution < 1.29 is 14.3 Å². The van der Waals surface area contributed by atoms with Gasteiger partial charge in [0.05, 0.1) is 18.6 Å². The normalized spacial score (nSPS) is 14.0. The molecule has 0 aromatic heterocycles. The smallest absolute Gasteiger partial charge is 0.309 e. The fourth-order valence-electron chi connectivity index (χ4n) is 1.47. The molecule has 1 rings (SSSR count). The van der Waals surface area contributed by atoms with Gasteiger partial charge in [-0.1, -0.05) is 29.8 Å². The number of benzene rings is 1. The highest BCUT2D eigenvalue weighted by Gasteiger charge is 2.23. The van der Waals surface area contributed by atoms with E-state index in [1.54, 1.807) is 0 Å². The Labute approximate surface area is 123 Å². The van der Waals surface area contributed by atoms with Crippen LogP contribution in [0.2, 0.25) is 0 Å².